The number of hydrogen-bond donors (Lipinski definition) is 1. The van der Waals surface area contributed by atoms with Gasteiger partial charge in [0.2, 0.25) is 0 Å². The van der Waals surface area contributed by atoms with Gasteiger partial charge in [0.25, 0.3) is 0 Å². The summed E-state index contributed by atoms with van der Waals surface area (Å²) in [6.07, 6.45) is 5.45. The summed E-state index contributed by atoms with van der Waals surface area (Å²) in [6, 6.07) is 2.08. The van der Waals surface area contributed by atoms with Gasteiger partial charge < -0.3 is 5.32 Å². The molecule has 0 radical (unpaired) electrons. The van der Waals surface area contributed by atoms with Crippen molar-refractivity contribution in [2.45, 2.75) is 85.1 Å². The summed E-state index contributed by atoms with van der Waals surface area (Å²) < 4.78 is 0. The van der Waals surface area contributed by atoms with Crippen molar-refractivity contribution in [2.24, 2.45) is 5.41 Å². The molecule has 0 heterocycles. The quantitative estimate of drug-likeness (QED) is 0.579. The van der Waals surface area contributed by atoms with Gasteiger partial charge >= 0.3 is 0 Å². The molecule has 0 amide bonds. The molecule has 0 aromatic heterocycles. The molecule has 1 N–H and O–H groups in total. The van der Waals surface area contributed by atoms with Gasteiger partial charge in [0.15, 0.2) is 0 Å². The van der Waals surface area contributed by atoms with Gasteiger partial charge in [-0.25, -0.2) is 0 Å². The van der Waals surface area contributed by atoms with Crippen molar-refractivity contribution in [1.82, 2.24) is 5.32 Å². The smallest absolute Gasteiger partial charge is 0.0448 e. The lowest BCUT2D eigenvalue weighted by Gasteiger charge is -2.38. The van der Waals surface area contributed by atoms with Crippen molar-refractivity contribution < 1.29 is 0 Å². The highest BCUT2D eigenvalue weighted by molar-refractivity contribution is 6.76. The lowest BCUT2D eigenvalue weighted by molar-refractivity contribution is 0.251. The highest BCUT2D eigenvalue weighted by atomic mass is 28.3. The second-order valence-corrected chi connectivity index (χ2v) is 12.7. The number of hydrogen-bond acceptors (Lipinski definition) is 1. The molecule has 0 spiro atoms. The van der Waals surface area contributed by atoms with Gasteiger partial charge in [-0.1, -0.05) is 66.2 Å². The lowest BCUT2D eigenvalue weighted by atomic mass is 9.81. The van der Waals surface area contributed by atoms with Crippen LogP contribution in [0, 0.1) is 5.41 Å². The molecule has 1 nitrogen and oxygen atoms in total. The minimum absolute atomic E-state index is 0.560. The van der Waals surface area contributed by atoms with Gasteiger partial charge in [-0.2, -0.15) is 0 Å². The van der Waals surface area contributed by atoms with Gasteiger partial charge in [-0.3, -0.25) is 0 Å². The van der Waals surface area contributed by atoms with Crippen LogP contribution in [-0.4, -0.2) is 20.7 Å². The second-order valence-electron chi connectivity index (χ2n) is 7.23. The Bertz CT molecular complexity index is 196. The standard InChI is InChI=1S/C15H35NSi/c1-8-10-11-15(9-2,12-16-14(3)4)13-17(5,6)7/h14,16H,8-13H2,1-7H3. The minimum atomic E-state index is -0.976. The van der Waals surface area contributed by atoms with E-state index in [9.17, 15) is 0 Å². The van der Waals surface area contributed by atoms with Crippen molar-refractivity contribution in [2.75, 3.05) is 6.54 Å². The van der Waals surface area contributed by atoms with Gasteiger partial charge in [0, 0.05) is 20.7 Å². The van der Waals surface area contributed by atoms with Crippen LogP contribution in [0.1, 0.15) is 53.4 Å². The van der Waals surface area contributed by atoms with Crippen molar-refractivity contribution in [1.29, 1.82) is 0 Å². The van der Waals surface area contributed by atoms with Crippen LogP contribution in [0.5, 0.6) is 0 Å². The van der Waals surface area contributed by atoms with Crippen LogP contribution in [0.3, 0.4) is 0 Å². The molecule has 0 aliphatic rings. The molecule has 0 fully saturated rings. The molecular weight excluding hydrogens is 222 g/mol. The minimum Gasteiger partial charge on any atom is -0.314 e. The molecule has 0 saturated carbocycles. The van der Waals surface area contributed by atoms with Crippen LogP contribution < -0.4 is 5.32 Å². The Balaban J connectivity index is 4.61. The van der Waals surface area contributed by atoms with E-state index in [0.29, 0.717) is 11.5 Å². The molecule has 1 unspecified atom stereocenters. The molecule has 0 bridgehead atoms. The van der Waals surface area contributed by atoms with E-state index in [1.807, 2.05) is 0 Å². The molecule has 0 rings (SSSR count). The Kier molecular flexibility index (Phi) is 7.66. The first kappa shape index (κ1) is 17.2. The molecular formula is C15H35NSi. The van der Waals surface area contributed by atoms with E-state index in [2.05, 4.69) is 52.7 Å². The van der Waals surface area contributed by atoms with E-state index in [1.54, 1.807) is 0 Å². The summed E-state index contributed by atoms with van der Waals surface area (Å²) in [4.78, 5) is 0. The average Bonchev–Trinajstić information content (AvgIpc) is 2.20. The molecule has 0 aliphatic heterocycles. The van der Waals surface area contributed by atoms with Crippen LogP contribution in [0.25, 0.3) is 0 Å². The first-order chi connectivity index (χ1) is 7.74. The fourth-order valence-corrected chi connectivity index (χ4v) is 5.57. The van der Waals surface area contributed by atoms with E-state index in [1.165, 1.54) is 38.3 Å². The first-order valence-electron chi connectivity index (χ1n) is 7.48. The Morgan fingerprint density at radius 3 is 2.06 bits per heavy atom. The highest BCUT2D eigenvalue weighted by Crippen LogP contribution is 2.37. The van der Waals surface area contributed by atoms with Gasteiger partial charge in [0.1, 0.15) is 0 Å². The zero-order valence-electron chi connectivity index (χ0n) is 13.3. The van der Waals surface area contributed by atoms with Crippen LogP contribution in [0.2, 0.25) is 25.7 Å². The second kappa shape index (κ2) is 7.58. The SMILES string of the molecule is CCCCC(CC)(CNC(C)C)C[Si](C)(C)C. The lowest BCUT2D eigenvalue weighted by Crippen LogP contribution is -2.42. The Hall–Kier alpha value is 0.177. The van der Waals surface area contributed by atoms with E-state index in [-0.39, 0.29) is 0 Å². The van der Waals surface area contributed by atoms with Crippen LogP contribution >= 0.6 is 0 Å². The molecule has 0 aromatic rings. The van der Waals surface area contributed by atoms with Crippen LogP contribution in [0.15, 0.2) is 0 Å². The predicted octanol–water partition coefficient (Wildman–Crippen LogP) is 4.91. The van der Waals surface area contributed by atoms with Crippen LogP contribution in [-0.2, 0) is 0 Å². The summed E-state index contributed by atoms with van der Waals surface area (Å²) in [5.41, 5.74) is 0.560. The zero-order valence-corrected chi connectivity index (χ0v) is 14.3. The molecule has 17 heavy (non-hydrogen) atoms. The van der Waals surface area contributed by atoms with Crippen molar-refractivity contribution in [3.8, 4) is 0 Å². The van der Waals surface area contributed by atoms with Crippen LogP contribution in [0.4, 0.5) is 0 Å². The summed E-state index contributed by atoms with van der Waals surface area (Å²) in [6.45, 7) is 18.0. The maximum absolute atomic E-state index is 3.69. The topological polar surface area (TPSA) is 12.0 Å². The maximum Gasteiger partial charge on any atom is 0.0448 e. The normalized spacial score (nSPS) is 16.2. The molecule has 0 aliphatic carbocycles. The third-order valence-corrected chi connectivity index (χ3v) is 5.41. The van der Waals surface area contributed by atoms with Crippen molar-refractivity contribution in [3.63, 3.8) is 0 Å². The van der Waals surface area contributed by atoms with Gasteiger partial charge in [0.05, 0.1) is 0 Å². The Labute approximate surface area is 111 Å². The highest BCUT2D eigenvalue weighted by Gasteiger charge is 2.33. The van der Waals surface area contributed by atoms with Crippen molar-refractivity contribution >= 4 is 8.07 Å². The van der Waals surface area contributed by atoms with Gasteiger partial charge in [-0.05, 0) is 18.3 Å². The summed E-state index contributed by atoms with van der Waals surface area (Å²) in [7, 11) is -0.976. The number of nitrogens with one attached hydrogen (secondary N) is 1. The zero-order chi connectivity index (χ0) is 13.5. The fraction of sp³-hybridized carbons (Fsp3) is 1.00. The maximum atomic E-state index is 3.69. The molecule has 104 valence electrons. The number of unbranched alkanes of at least 4 members (excludes halogenated alkanes) is 1. The predicted molar refractivity (Wildman–Crippen MR) is 83.5 cm³/mol. The molecule has 1 atom stereocenters. The van der Waals surface area contributed by atoms with Crippen molar-refractivity contribution in [3.05, 3.63) is 0 Å². The van der Waals surface area contributed by atoms with E-state index < -0.39 is 8.07 Å². The third-order valence-electron chi connectivity index (χ3n) is 3.60. The summed E-state index contributed by atoms with van der Waals surface area (Å²) in [5.74, 6) is 0. The molecule has 0 saturated heterocycles. The third kappa shape index (κ3) is 7.99. The fourth-order valence-electron chi connectivity index (χ4n) is 2.76. The Morgan fingerprint density at radius 1 is 1.12 bits per heavy atom. The number of rotatable bonds is 9. The first-order valence-corrected chi connectivity index (χ1v) is 11.2. The van der Waals surface area contributed by atoms with Gasteiger partial charge in [-0.15, -0.1) is 0 Å². The monoisotopic (exact) mass is 257 g/mol. The summed E-state index contributed by atoms with van der Waals surface area (Å²) in [5, 5.41) is 3.69. The average molecular weight is 258 g/mol. The Morgan fingerprint density at radius 2 is 1.71 bits per heavy atom. The van der Waals surface area contributed by atoms with E-state index in [0.717, 1.165) is 0 Å². The molecule has 0 aromatic carbocycles. The largest absolute Gasteiger partial charge is 0.314 e. The molecule has 2 heteroatoms. The van der Waals surface area contributed by atoms with E-state index >= 15 is 0 Å². The summed E-state index contributed by atoms with van der Waals surface area (Å²) >= 11 is 0. The van der Waals surface area contributed by atoms with E-state index in [4.69, 9.17) is 0 Å².